The molecule has 18 heavy (non-hydrogen) atoms. The van der Waals surface area contributed by atoms with E-state index in [1.54, 1.807) is 0 Å². The lowest BCUT2D eigenvalue weighted by Gasteiger charge is -2.20. The van der Waals surface area contributed by atoms with Gasteiger partial charge in [-0.15, -0.1) is 0 Å². The Morgan fingerprint density at radius 1 is 1.28 bits per heavy atom. The van der Waals surface area contributed by atoms with Crippen LogP contribution in [0.4, 0.5) is 0 Å². The van der Waals surface area contributed by atoms with Gasteiger partial charge in [0, 0.05) is 29.1 Å². The Labute approximate surface area is 112 Å². The van der Waals surface area contributed by atoms with Crippen LogP contribution < -0.4 is 14.8 Å². The lowest BCUT2D eigenvalue weighted by molar-refractivity contribution is 0.296. The summed E-state index contributed by atoms with van der Waals surface area (Å²) in [5, 5.41) is 4.28. The molecule has 1 aromatic rings. The smallest absolute Gasteiger partial charge is 0.164 e. The summed E-state index contributed by atoms with van der Waals surface area (Å²) in [5.74, 6) is 1.66. The third-order valence-electron chi connectivity index (χ3n) is 3.68. The average molecular weight is 268 g/mol. The van der Waals surface area contributed by atoms with Crippen LogP contribution in [0, 0.1) is 6.92 Å². The lowest BCUT2D eigenvalue weighted by atomic mass is 9.98. The van der Waals surface area contributed by atoms with Crippen molar-refractivity contribution in [3.05, 3.63) is 22.2 Å². The molecular formula is C14H18ClNO2. The largest absolute Gasteiger partial charge is 0.489 e. The number of hydrogen-bond donors (Lipinski definition) is 1. The van der Waals surface area contributed by atoms with Gasteiger partial charge in [-0.2, -0.15) is 0 Å². The number of ether oxygens (including phenoxy) is 2. The molecule has 1 fully saturated rings. The van der Waals surface area contributed by atoms with Gasteiger partial charge >= 0.3 is 0 Å². The van der Waals surface area contributed by atoms with E-state index in [-0.39, 0.29) is 0 Å². The second kappa shape index (κ2) is 4.98. The first-order chi connectivity index (χ1) is 8.77. The van der Waals surface area contributed by atoms with Crippen molar-refractivity contribution in [2.45, 2.75) is 32.2 Å². The summed E-state index contributed by atoms with van der Waals surface area (Å²) in [7, 11) is 0. The average Bonchev–Trinajstić information content (AvgIpc) is 2.75. The van der Waals surface area contributed by atoms with Crippen LogP contribution >= 0.6 is 11.6 Å². The van der Waals surface area contributed by atoms with E-state index in [2.05, 4.69) is 12.2 Å². The molecule has 1 unspecified atom stereocenters. The zero-order valence-electron chi connectivity index (χ0n) is 10.6. The molecule has 0 saturated carbocycles. The summed E-state index contributed by atoms with van der Waals surface area (Å²) in [5.41, 5.74) is 2.30. The highest BCUT2D eigenvalue weighted by Crippen LogP contribution is 2.43. The molecule has 1 N–H and O–H groups in total. The maximum atomic E-state index is 6.42. The quantitative estimate of drug-likeness (QED) is 0.847. The molecule has 3 rings (SSSR count). The van der Waals surface area contributed by atoms with Crippen LogP contribution in [0.1, 0.15) is 36.4 Å². The Kier molecular flexibility index (Phi) is 3.35. The highest BCUT2D eigenvalue weighted by molar-refractivity contribution is 6.31. The highest BCUT2D eigenvalue weighted by atomic mass is 35.5. The summed E-state index contributed by atoms with van der Waals surface area (Å²) in [6.45, 7) is 4.56. The van der Waals surface area contributed by atoms with Crippen LogP contribution in [0.5, 0.6) is 11.5 Å². The molecule has 2 heterocycles. The van der Waals surface area contributed by atoms with Gasteiger partial charge in [0.05, 0.1) is 13.2 Å². The normalized spacial score (nSPS) is 22.9. The van der Waals surface area contributed by atoms with E-state index in [0.29, 0.717) is 19.3 Å². The SMILES string of the molecule is Cc1c2c(cc(Cl)c1C1CCCN1)OCCCO2. The lowest BCUT2D eigenvalue weighted by Crippen LogP contribution is -2.15. The topological polar surface area (TPSA) is 30.5 Å². The van der Waals surface area contributed by atoms with E-state index in [4.69, 9.17) is 21.1 Å². The fourth-order valence-corrected chi connectivity index (χ4v) is 3.18. The van der Waals surface area contributed by atoms with Gasteiger partial charge in [0.2, 0.25) is 0 Å². The molecule has 0 spiro atoms. The number of rotatable bonds is 1. The number of nitrogens with one attached hydrogen (secondary N) is 1. The van der Waals surface area contributed by atoms with E-state index in [0.717, 1.165) is 41.5 Å². The van der Waals surface area contributed by atoms with Crippen molar-refractivity contribution >= 4 is 11.6 Å². The van der Waals surface area contributed by atoms with Crippen LogP contribution in [-0.4, -0.2) is 19.8 Å². The van der Waals surface area contributed by atoms with Crippen LogP contribution in [0.3, 0.4) is 0 Å². The molecule has 0 amide bonds. The van der Waals surface area contributed by atoms with Crippen molar-refractivity contribution < 1.29 is 9.47 Å². The number of fused-ring (bicyclic) bond motifs is 1. The third-order valence-corrected chi connectivity index (χ3v) is 4.00. The van der Waals surface area contributed by atoms with Crippen molar-refractivity contribution in [3.63, 3.8) is 0 Å². The molecular weight excluding hydrogens is 250 g/mol. The van der Waals surface area contributed by atoms with Gasteiger partial charge < -0.3 is 14.8 Å². The number of hydrogen-bond acceptors (Lipinski definition) is 3. The van der Waals surface area contributed by atoms with Crippen molar-refractivity contribution in [2.75, 3.05) is 19.8 Å². The van der Waals surface area contributed by atoms with E-state index in [1.165, 1.54) is 12.0 Å². The molecule has 0 aromatic heterocycles. The standard InChI is InChI=1S/C14H18ClNO2/c1-9-13(11-4-2-5-16-11)10(15)8-12-14(9)18-7-3-6-17-12/h8,11,16H,2-7H2,1H3. The molecule has 1 aromatic carbocycles. The molecule has 1 atom stereocenters. The minimum Gasteiger partial charge on any atom is -0.489 e. The van der Waals surface area contributed by atoms with Crippen LogP contribution in [-0.2, 0) is 0 Å². The van der Waals surface area contributed by atoms with Crippen molar-refractivity contribution in [1.29, 1.82) is 0 Å². The molecule has 3 nitrogen and oxygen atoms in total. The van der Waals surface area contributed by atoms with E-state index in [1.807, 2.05) is 6.07 Å². The van der Waals surface area contributed by atoms with Crippen molar-refractivity contribution in [3.8, 4) is 11.5 Å². The summed E-state index contributed by atoms with van der Waals surface area (Å²) in [6.07, 6.45) is 3.26. The molecule has 2 aliphatic rings. The minimum atomic E-state index is 0.356. The second-order valence-electron chi connectivity index (χ2n) is 4.92. The number of benzene rings is 1. The second-order valence-corrected chi connectivity index (χ2v) is 5.33. The predicted molar refractivity (Wildman–Crippen MR) is 71.8 cm³/mol. The predicted octanol–water partition coefficient (Wildman–Crippen LogP) is 3.23. The monoisotopic (exact) mass is 267 g/mol. The zero-order chi connectivity index (χ0) is 12.5. The Hall–Kier alpha value is -0.930. The van der Waals surface area contributed by atoms with Crippen LogP contribution in [0.15, 0.2) is 6.07 Å². The molecule has 0 radical (unpaired) electrons. The van der Waals surface area contributed by atoms with Gasteiger partial charge in [-0.1, -0.05) is 11.6 Å². The van der Waals surface area contributed by atoms with Gasteiger partial charge in [0.25, 0.3) is 0 Å². The maximum absolute atomic E-state index is 6.42. The molecule has 0 bridgehead atoms. The van der Waals surface area contributed by atoms with Crippen molar-refractivity contribution in [2.24, 2.45) is 0 Å². The van der Waals surface area contributed by atoms with E-state index >= 15 is 0 Å². The third kappa shape index (κ3) is 2.06. The Bertz CT molecular complexity index is 456. The summed E-state index contributed by atoms with van der Waals surface area (Å²) >= 11 is 6.42. The molecule has 2 aliphatic heterocycles. The Morgan fingerprint density at radius 3 is 2.89 bits per heavy atom. The molecule has 4 heteroatoms. The summed E-state index contributed by atoms with van der Waals surface area (Å²) in [6, 6.07) is 2.26. The Balaban J connectivity index is 2.06. The molecule has 98 valence electrons. The van der Waals surface area contributed by atoms with E-state index in [9.17, 15) is 0 Å². The zero-order valence-corrected chi connectivity index (χ0v) is 11.3. The summed E-state index contributed by atoms with van der Waals surface area (Å²) < 4.78 is 11.5. The highest BCUT2D eigenvalue weighted by Gasteiger charge is 2.25. The van der Waals surface area contributed by atoms with Crippen molar-refractivity contribution in [1.82, 2.24) is 5.32 Å². The van der Waals surface area contributed by atoms with E-state index < -0.39 is 0 Å². The number of halogens is 1. The van der Waals surface area contributed by atoms with Gasteiger partial charge in [0.15, 0.2) is 11.5 Å². The van der Waals surface area contributed by atoms with Gasteiger partial charge in [0.1, 0.15) is 0 Å². The van der Waals surface area contributed by atoms with Gasteiger partial charge in [-0.3, -0.25) is 0 Å². The first-order valence-electron chi connectivity index (χ1n) is 6.59. The molecule has 1 saturated heterocycles. The minimum absolute atomic E-state index is 0.356. The Morgan fingerprint density at radius 2 is 2.11 bits per heavy atom. The first kappa shape index (κ1) is 12.1. The van der Waals surface area contributed by atoms with Gasteiger partial charge in [-0.25, -0.2) is 0 Å². The van der Waals surface area contributed by atoms with Crippen LogP contribution in [0.25, 0.3) is 0 Å². The summed E-state index contributed by atoms with van der Waals surface area (Å²) in [4.78, 5) is 0. The first-order valence-corrected chi connectivity index (χ1v) is 6.97. The van der Waals surface area contributed by atoms with Crippen LogP contribution in [0.2, 0.25) is 5.02 Å². The fraction of sp³-hybridized carbons (Fsp3) is 0.571. The fourth-order valence-electron chi connectivity index (χ4n) is 2.81. The molecule has 0 aliphatic carbocycles. The van der Waals surface area contributed by atoms with Gasteiger partial charge in [-0.05, 0) is 31.9 Å². The maximum Gasteiger partial charge on any atom is 0.164 e.